The van der Waals surface area contributed by atoms with Crippen LogP contribution in [0.3, 0.4) is 0 Å². The van der Waals surface area contributed by atoms with Crippen molar-refractivity contribution < 1.29 is 81.1 Å². The summed E-state index contributed by atoms with van der Waals surface area (Å²) in [6, 6.07) is 0. The first kappa shape index (κ1) is 33.9. The Morgan fingerprint density at radius 1 is 0.907 bits per heavy atom. The minimum Gasteiger partial charge on any atom is -0.394 e. The van der Waals surface area contributed by atoms with Crippen LogP contribution >= 0.6 is 23.5 Å². The largest absolute Gasteiger partial charge is 0.470 e. The van der Waals surface area contributed by atoms with Crippen LogP contribution in [-0.2, 0) is 41.5 Å². The van der Waals surface area contributed by atoms with Gasteiger partial charge in [-0.25, -0.2) is 28.6 Å². The number of terminal acetylenes is 1. The number of nitrogen functional groups attached to an aromatic ring is 1. The first-order valence-electron chi connectivity index (χ1n) is 11.8. The molecule has 0 amide bonds. The van der Waals surface area contributed by atoms with Crippen molar-refractivity contribution >= 4 is 40.4 Å². The Bertz CT molecular complexity index is 1490. The quantitative estimate of drug-likeness (QED) is 0.0858. The molecule has 0 aliphatic carbocycles. The molecule has 0 unspecified atom stereocenters. The summed E-state index contributed by atoms with van der Waals surface area (Å²) in [5, 5.41) is 20.7. The molecule has 240 valence electrons. The normalized spacial score (nSPS) is 32.2. The Hall–Kier alpha value is -1.96. The molecule has 0 bridgehead atoms. The van der Waals surface area contributed by atoms with Crippen LogP contribution in [0.5, 0.6) is 0 Å². The van der Waals surface area contributed by atoms with Gasteiger partial charge < -0.3 is 59.5 Å². The Morgan fingerprint density at radius 3 is 2.09 bits per heavy atom. The second-order valence-corrected chi connectivity index (χ2v) is 12.6. The van der Waals surface area contributed by atoms with Crippen LogP contribution in [0.15, 0.2) is 12.7 Å². The second-order valence-electron chi connectivity index (χ2n) is 9.05. The topological polar surface area (TPSA) is 338 Å². The minimum absolute atomic E-state index is 0.0405. The number of rotatable bonds is 11. The van der Waals surface area contributed by atoms with Crippen LogP contribution in [0, 0.1) is 12.3 Å². The molecular formula is C18H26N5O17P3. The van der Waals surface area contributed by atoms with E-state index in [1.54, 1.807) is 0 Å². The van der Waals surface area contributed by atoms with E-state index in [0.29, 0.717) is 0 Å². The van der Waals surface area contributed by atoms with Crippen LogP contribution in [-0.4, -0.2) is 115 Å². The zero-order valence-corrected chi connectivity index (χ0v) is 24.0. The number of phosphoric ester groups is 3. The molecule has 10 N–H and O–H groups in total. The maximum atomic E-state index is 12.0. The highest BCUT2D eigenvalue weighted by Gasteiger charge is 2.56. The van der Waals surface area contributed by atoms with Crippen LogP contribution in [0.4, 0.5) is 5.82 Å². The Kier molecular flexibility index (Phi) is 10.1. The average Bonchev–Trinajstić information content (AvgIpc) is 3.43. The van der Waals surface area contributed by atoms with Crippen molar-refractivity contribution in [2.75, 3.05) is 12.3 Å². The number of nitrogens with two attached hydrogens (primary N) is 1. The van der Waals surface area contributed by atoms with Gasteiger partial charge in [-0.3, -0.25) is 18.1 Å². The van der Waals surface area contributed by atoms with Gasteiger partial charge in [0.15, 0.2) is 24.0 Å². The molecule has 2 aliphatic rings. The lowest BCUT2D eigenvalue weighted by Gasteiger charge is -2.44. The van der Waals surface area contributed by atoms with Crippen molar-refractivity contribution in [1.82, 2.24) is 19.5 Å². The van der Waals surface area contributed by atoms with E-state index < -0.39 is 85.3 Å². The van der Waals surface area contributed by atoms with E-state index in [2.05, 4.69) is 29.9 Å². The molecule has 0 radical (unpaired) electrons. The van der Waals surface area contributed by atoms with Gasteiger partial charge in [-0.2, -0.15) is 0 Å². The number of hydrogen-bond donors (Lipinski definition) is 9. The molecule has 22 nitrogen and oxygen atoms in total. The molecule has 43 heavy (non-hydrogen) atoms. The summed E-state index contributed by atoms with van der Waals surface area (Å²) in [4.78, 5) is 68.6. The van der Waals surface area contributed by atoms with Crippen LogP contribution in [0.1, 0.15) is 12.6 Å². The first-order valence-corrected chi connectivity index (χ1v) is 16.3. The minimum atomic E-state index is -5.50. The summed E-state index contributed by atoms with van der Waals surface area (Å²) in [7, 11) is -16.3. The molecule has 4 heterocycles. The Balaban J connectivity index is 1.73. The highest BCUT2D eigenvalue weighted by Crippen LogP contribution is 2.49. The zero-order chi connectivity index (χ0) is 31.9. The number of phosphoric acid groups is 3. The average molecular weight is 677 g/mol. The maximum absolute atomic E-state index is 12.0. The van der Waals surface area contributed by atoms with Crippen molar-refractivity contribution in [3.63, 3.8) is 0 Å². The van der Waals surface area contributed by atoms with Gasteiger partial charge in [0, 0.05) is 6.42 Å². The van der Waals surface area contributed by atoms with Crippen molar-refractivity contribution in [2.24, 2.45) is 0 Å². The van der Waals surface area contributed by atoms with Gasteiger partial charge in [0.1, 0.15) is 54.6 Å². The van der Waals surface area contributed by atoms with E-state index in [1.165, 1.54) is 4.57 Å². The lowest BCUT2D eigenvalue weighted by atomic mass is 9.99. The second kappa shape index (κ2) is 12.8. The van der Waals surface area contributed by atoms with E-state index in [0.717, 1.165) is 12.7 Å². The molecule has 0 saturated carbocycles. The number of ether oxygens (including phenoxy) is 3. The highest BCUT2D eigenvalue weighted by atomic mass is 31.2. The number of aromatic nitrogens is 4. The number of aliphatic hydroxyl groups excluding tert-OH is 2. The summed E-state index contributed by atoms with van der Waals surface area (Å²) in [5.41, 5.74) is 5.94. The summed E-state index contributed by atoms with van der Waals surface area (Å²) in [5.74, 6) is 2.23. The summed E-state index contributed by atoms with van der Waals surface area (Å²) in [6.07, 6.45) is -9.56. The lowest BCUT2D eigenvalue weighted by molar-refractivity contribution is -0.312. The van der Waals surface area contributed by atoms with Gasteiger partial charge >= 0.3 is 23.5 Å². The number of aliphatic hydroxyl groups is 2. The fraction of sp³-hybridized carbons (Fsp3) is 0.611. The van der Waals surface area contributed by atoms with Gasteiger partial charge in [0.05, 0.1) is 12.9 Å². The predicted octanol–water partition coefficient (Wildman–Crippen LogP) is -2.77. The number of imidazole rings is 1. The van der Waals surface area contributed by atoms with Gasteiger partial charge in [-0.15, -0.1) is 12.3 Å². The molecule has 4 rings (SSSR count). The molecule has 2 aromatic rings. The predicted molar refractivity (Wildman–Crippen MR) is 134 cm³/mol. The van der Waals surface area contributed by atoms with E-state index >= 15 is 0 Å². The van der Waals surface area contributed by atoms with Crippen LogP contribution in [0.25, 0.3) is 11.2 Å². The fourth-order valence-electron chi connectivity index (χ4n) is 4.58. The molecule has 0 aromatic carbocycles. The Labute approximate surface area is 240 Å². The standard InChI is InChI=1S/C18H26N5O17P3/c1-2-3-7-11(14(40-43(32,33)34)17(35-7)23-6-22-9-15(19)20-5-21-16(9)23)37-18-10(25)13(39-42(29,30)31)12(8(4-24)36-18)38-41(26,27)28/h1,5-8,10-14,17-18,24-25H,3-4H2,(H2,19,20,21)(H2,26,27,28)(H2,29,30,31)(H2,32,33,34)/t7-,8-,10-,11-,12-,13-,14-,17-,18-/m1/s1. The Morgan fingerprint density at radius 2 is 1.51 bits per heavy atom. The third-order valence-electron chi connectivity index (χ3n) is 6.13. The SMILES string of the molecule is C#CC[C@H]1O[C@@H](n2cnc3c(N)ncnc32)[C@H](OP(=O)(O)O)[C@@H]1O[C@H]1O[C@H](CO)[C@@H](OP(=O)(O)O)[C@H](OP(=O)(O)O)[C@H]1O. The molecule has 9 atom stereocenters. The van der Waals surface area contributed by atoms with Gasteiger partial charge in [0.2, 0.25) is 0 Å². The number of fused-ring (bicyclic) bond motifs is 1. The summed E-state index contributed by atoms with van der Waals surface area (Å²) >= 11 is 0. The number of hydrogen-bond acceptors (Lipinski definition) is 15. The highest BCUT2D eigenvalue weighted by molar-refractivity contribution is 7.46. The van der Waals surface area contributed by atoms with E-state index in [1.807, 2.05) is 0 Å². The van der Waals surface area contributed by atoms with Gasteiger partial charge in [-0.05, 0) is 0 Å². The zero-order valence-electron chi connectivity index (χ0n) is 21.3. The third-order valence-corrected chi connectivity index (χ3v) is 7.68. The fourth-order valence-corrected chi connectivity index (χ4v) is 6.25. The van der Waals surface area contributed by atoms with Gasteiger partial charge in [-0.1, -0.05) is 0 Å². The first-order chi connectivity index (χ1) is 19.9. The van der Waals surface area contributed by atoms with E-state index in [-0.39, 0.29) is 23.4 Å². The summed E-state index contributed by atoms with van der Waals surface area (Å²) < 4.78 is 67.4. The lowest BCUT2D eigenvalue weighted by Crippen LogP contribution is -2.61. The van der Waals surface area contributed by atoms with Crippen molar-refractivity contribution in [3.05, 3.63) is 12.7 Å². The monoisotopic (exact) mass is 677 g/mol. The van der Waals surface area contributed by atoms with Crippen molar-refractivity contribution in [3.8, 4) is 12.3 Å². The maximum Gasteiger partial charge on any atom is 0.470 e. The molecule has 25 heteroatoms. The molecular weight excluding hydrogens is 651 g/mol. The number of nitrogens with zero attached hydrogens (tertiary/aromatic N) is 4. The van der Waals surface area contributed by atoms with Crippen LogP contribution < -0.4 is 5.73 Å². The molecule has 0 spiro atoms. The van der Waals surface area contributed by atoms with Gasteiger partial charge in [0.25, 0.3) is 0 Å². The summed E-state index contributed by atoms with van der Waals surface area (Å²) in [6.45, 7) is -1.11. The molecule has 2 aliphatic heterocycles. The van der Waals surface area contributed by atoms with Crippen molar-refractivity contribution in [2.45, 2.75) is 61.7 Å². The smallest absolute Gasteiger partial charge is 0.394 e. The van der Waals surface area contributed by atoms with Crippen LogP contribution in [0.2, 0.25) is 0 Å². The van der Waals surface area contributed by atoms with Crippen molar-refractivity contribution in [1.29, 1.82) is 0 Å². The molecule has 2 fully saturated rings. The van der Waals surface area contributed by atoms with E-state index in [4.69, 9.17) is 30.9 Å². The van der Waals surface area contributed by atoms with E-state index in [9.17, 15) is 53.3 Å². The number of anilines is 1. The molecule has 2 aromatic heterocycles. The third kappa shape index (κ3) is 8.01. The molecule has 2 saturated heterocycles.